The highest BCUT2D eigenvalue weighted by Gasteiger charge is 2.16. The highest BCUT2D eigenvalue weighted by Crippen LogP contribution is 2.24. The number of ether oxygens (including phenoxy) is 2. The maximum atomic E-state index is 12.2. The van der Waals surface area contributed by atoms with Crippen molar-refractivity contribution in [2.45, 2.75) is 40.2 Å². The lowest BCUT2D eigenvalue weighted by Gasteiger charge is -2.15. The van der Waals surface area contributed by atoms with Gasteiger partial charge in [0.25, 0.3) is 5.56 Å². The number of aromatic nitrogens is 2. The first-order chi connectivity index (χ1) is 11.4. The van der Waals surface area contributed by atoms with E-state index in [0.29, 0.717) is 17.2 Å². The summed E-state index contributed by atoms with van der Waals surface area (Å²) in [6, 6.07) is 1.34. The van der Waals surface area contributed by atoms with Crippen molar-refractivity contribution < 1.29 is 14.3 Å². The van der Waals surface area contributed by atoms with Gasteiger partial charge in [-0.05, 0) is 26.0 Å². The molecular weight excluding hydrogens is 308 g/mol. The second kappa shape index (κ2) is 9.50. The van der Waals surface area contributed by atoms with Gasteiger partial charge in [-0.1, -0.05) is 32.6 Å². The Bertz CT molecular complexity index is 699. The Kier molecular flexibility index (Phi) is 7.68. The molecule has 6 heteroatoms. The molecular formula is C18H24N2O4. The molecule has 0 radical (unpaired) electrons. The topological polar surface area (TPSA) is 70.4 Å². The summed E-state index contributed by atoms with van der Waals surface area (Å²) in [5.74, 6) is 0.404. The molecule has 0 unspecified atom stereocenters. The molecule has 0 aliphatic heterocycles. The third kappa shape index (κ3) is 5.53. The summed E-state index contributed by atoms with van der Waals surface area (Å²) in [4.78, 5) is 23.8. The van der Waals surface area contributed by atoms with Gasteiger partial charge in [-0.15, -0.1) is 0 Å². The van der Waals surface area contributed by atoms with Crippen LogP contribution in [-0.2, 0) is 16.1 Å². The van der Waals surface area contributed by atoms with E-state index in [2.05, 4.69) is 11.7 Å². The van der Waals surface area contributed by atoms with Crippen LogP contribution in [0.4, 0.5) is 0 Å². The molecule has 1 rings (SSSR count). The van der Waals surface area contributed by atoms with Gasteiger partial charge in [-0.3, -0.25) is 9.59 Å². The zero-order chi connectivity index (χ0) is 18.1. The number of hydrogen-bond donors (Lipinski definition) is 0. The lowest BCUT2D eigenvalue weighted by molar-refractivity contribution is -0.144. The highest BCUT2D eigenvalue weighted by atomic mass is 16.5. The van der Waals surface area contributed by atoms with Crippen molar-refractivity contribution in [1.29, 1.82) is 0 Å². The fourth-order valence-electron chi connectivity index (χ4n) is 1.94. The monoisotopic (exact) mass is 332 g/mol. The SMILES string of the molecule is C=C/C=C(\C=C/C)Oc1cc(=O)n(CC(=O)OCC)nc1C(C)C. The highest BCUT2D eigenvalue weighted by molar-refractivity contribution is 5.68. The zero-order valence-electron chi connectivity index (χ0n) is 14.6. The van der Waals surface area contributed by atoms with Crippen molar-refractivity contribution >= 4 is 5.97 Å². The Morgan fingerprint density at radius 3 is 2.71 bits per heavy atom. The van der Waals surface area contributed by atoms with Crippen LogP contribution in [0, 0.1) is 0 Å². The maximum absolute atomic E-state index is 12.2. The van der Waals surface area contributed by atoms with E-state index in [1.165, 1.54) is 6.07 Å². The average molecular weight is 332 g/mol. The molecule has 0 saturated heterocycles. The number of carbonyl (C=O) groups is 1. The number of esters is 1. The van der Waals surface area contributed by atoms with Crippen LogP contribution in [0.15, 0.2) is 47.5 Å². The molecule has 0 aromatic carbocycles. The summed E-state index contributed by atoms with van der Waals surface area (Å²) in [5.41, 5.74) is 0.152. The Morgan fingerprint density at radius 2 is 2.17 bits per heavy atom. The minimum atomic E-state index is -0.503. The van der Waals surface area contributed by atoms with Gasteiger partial charge in [-0.2, -0.15) is 5.10 Å². The Hall–Kier alpha value is -2.63. The number of carbonyl (C=O) groups excluding carboxylic acids is 1. The summed E-state index contributed by atoms with van der Waals surface area (Å²) in [6.45, 7) is 11.1. The van der Waals surface area contributed by atoms with Crippen molar-refractivity contribution in [3.05, 3.63) is 58.8 Å². The van der Waals surface area contributed by atoms with Gasteiger partial charge in [0.2, 0.25) is 0 Å². The third-order valence-corrected chi connectivity index (χ3v) is 2.96. The summed E-state index contributed by atoms with van der Waals surface area (Å²) in [6.07, 6.45) is 6.86. The van der Waals surface area contributed by atoms with Gasteiger partial charge in [0, 0.05) is 12.0 Å². The molecule has 0 spiro atoms. The summed E-state index contributed by atoms with van der Waals surface area (Å²) < 4.78 is 11.7. The first kappa shape index (κ1) is 19.4. The van der Waals surface area contributed by atoms with Crippen LogP contribution in [0.2, 0.25) is 0 Å². The van der Waals surface area contributed by atoms with Crippen molar-refractivity contribution in [3.63, 3.8) is 0 Å². The van der Waals surface area contributed by atoms with Crippen LogP contribution in [0.3, 0.4) is 0 Å². The number of rotatable bonds is 8. The van der Waals surface area contributed by atoms with E-state index in [-0.39, 0.29) is 19.1 Å². The second-order valence-corrected chi connectivity index (χ2v) is 5.26. The van der Waals surface area contributed by atoms with Crippen LogP contribution >= 0.6 is 0 Å². The van der Waals surface area contributed by atoms with Gasteiger partial charge in [0.1, 0.15) is 18.0 Å². The number of allylic oxidation sites excluding steroid dienone is 4. The van der Waals surface area contributed by atoms with E-state index in [9.17, 15) is 9.59 Å². The first-order valence-electron chi connectivity index (χ1n) is 7.83. The first-order valence-corrected chi connectivity index (χ1v) is 7.83. The molecule has 0 aliphatic carbocycles. The van der Waals surface area contributed by atoms with Gasteiger partial charge < -0.3 is 9.47 Å². The van der Waals surface area contributed by atoms with Crippen molar-refractivity contribution in [2.24, 2.45) is 0 Å². The fraction of sp³-hybridized carbons (Fsp3) is 0.389. The summed E-state index contributed by atoms with van der Waals surface area (Å²) in [5, 5.41) is 4.27. The van der Waals surface area contributed by atoms with Gasteiger partial charge in [-0.25, -0.2) is 4.68 Å². The molecule has 0 bridgehead atoms. The molecule has 0 aliphatic rings. The maximum Gasteiger partial charge on any atom is 0.327 e. The molecule has 130 valence electrons. The third-order valence-electron chi connectivity index (χ3n) is 2.96. The molecule has 24 heavy (non-hydrogen) atoms. The predicted molar refractivity (Wildman–Crippen MR) is 92.9 cm³/mol. The number of nitrogens with zero attached hydrogens (tertiary/aromatic N) is 2. The van der Waals surface area contributed by atoms with Crippen LogP contribution in [0.1, 0.15) is 39.3 Å². The molecule has 6 nitrogen and oxygen atoms in total. The molecule has 0 saturated carbocycles. The van der Waals surface area contributed by atoms with Crippen LogP contribution in [0.5, 0.6) is 5.75 Å². The van der Waals surface area contributed by atoms with Crippen LogP contribution < -0.4 is 10.3 Å². The fourth-order valence-corrected chi connectivity index (χ4v) is 1.94. The van der Waals surface area contributed by atoms with Crippen LogP contribution in [0.25, 0.3) is 0 Å². The van der Waals surface area contributed by atoms with Crippen molar-refractivity contribution in [2.75, 3.05) is 6.61 Å². The molecule has 1 aromatic rings. The number of hydrogen-bond acceptors (Lipinski definition) is 5. The molecule has 0 N–H and O–H groups in total. The predicted octanol–water partition coefficient (Wildman–Crippen LogP) is 2.95. The Balaban J connectivity index is 3.25. The van der Waals surface area contributed by atoms with E-state index in [0.717, 1.165) is 4.68 Å². The van der Waals surface area contributed by atoms with Gasteiger partial charge in [0.05, 0.1) is 6.61 Å². The molecule has 1 heterocycles. The van der Waals surface area contributed by atoms with Gasteiger partial charge in [0.15, 0.2) is 5.75 Å². The van der Waals surface area contributed by atoms with E-state index in [4.69, 9.17) is 9.47 Å². The largest absolute Gasteiger partial charge is 0.465 e. The lowest BCUT2D eigenvalue weighted by atomic mass is 10.1. The van der Waals surface area contributed by atoms with Crippen molar-refractivity contribution in [1.82, 2.24) is 9.78 Å². The van der Waals surface area contributed by atoms with E-state index in [1.54, 1.807) is 25.2 Å². The normalized spacial score (nSPS) is 11.8. The van der Waals surface area contributed by atoms with Gasteiger partial charge >= 0.3 is 5.97 Å². The zero-order valence-corrected chi connectivity index (χ0v) is 14.6. The quantitative estimate of drug-likeness (QED) is 0.416. The smallest absolute Gasteiger partial charge is 0.327 e. The van der Waals surface area contributed by atoms with E-state index < -0.39 is 11.5 Å². The van der Waals surface area contributed by atoms with Crippen molar-refractivity contribution in [3.8, 4) is 5.75 Å². The van der Waals surface area contributed by atoms with Crippen LogP contribution in [-0.4, -0.2) is 22.4 Å². The van der Waals surface area contributed by atoms with E-state index >= 15 is 0 Å². The second-order valence-electron chi connectivity index (χ2n) is 5.26. The molecule has 0 atom stereocenters. The lowest BCUT2D eigenvalue weighted by Crippen LogP contribution is -2.28. The summed E-state index contributed by atoms with van der Waals surface area (Å²) >= 11 is 0. The standard InChI is InChI=1S/C18H24N2O4/c1-6-9-14(10-7-2)24-15-11-16(21)20(12-17(22)23-8-3)19-18(15)13(4)5/h6-7,9-11,13H,1,8,12H2,2-5H3/b10-7-,14-9+. The molecule has 1 aromatic heterocycles. The molecule has 0 fully saturated rings. The minimum Gasteiger partial charge on any atom is -0.465 e. The summed E-state index contributed by atoms with van der Waals surface area (Å²) in [7, 11) is 0. The minimum absolute atomic E-state index is 0.00429. The average Bonchev–Trinajstić information content (AvgIpc) is 2.50. The Morgan fingerprint density at radius 1 is 1.46 bits per heavy atom. The van der Waals surface area contributed by atoms with E-state index in [1.807, 2.05) is 26.8 Å². The Labute approximate surface area is 142 Å². The molecule has 0 amide bonds.